The molecule has 0 aromatic heterocycles. The average Bonchev–Trinajstić information content (AvgIpc) is 2.49. The molecule has 21 heavy (non-hydrogen) atoms. The summed E-state index contributed by atoms with van der Waals surface area (Å²) in [4.78, 5) is 10.8. The molecular weight excluding hydrogens is 268 g/mol. The van der Waals surface area contributed by atoms with E-state index >= 15 is 0 Å². The number of benzene rings is 2. The SMILES string of the molecule is COc1ccccc1CCNc1ccc(C(=O)O)cc1N. The maximum absolute atomic E-state index is 10.8. The molecule has 5 heteroatoms. The molecule has 0 atom stereocenters. The Labute approximate surface area is 123 Å². The number of anilines is 2. The van der Waals surface area contributed by atoms with E-state index in [0.717, 1.165) is 23.4 Å². The molecular formula is C16H18N2O3. The van der Waals surface area contributed by atoms with Gasteiger partial charge in [-0.25, -0.2) is 4.79 Å². The summed E-state index contributed by atoms with van der Waals surface area (Å²) in [5.41, 5.74) is 8.29. The van der Waals surface area contributed by atoms with Crippen molar-refractivity contribution < 1.29 is 14.6 Å². The third-order valence-corrected chi connectivity index (χ3v) is 3.20. The molecule has 0 aliphatic carbocycles. The third-order valence-electron chi connectivity index (χ3n) is 3.20. The highest BCUT2D eigenvalue weighted by atomic mass is 16.5. The number of nitrogens with one attached hydrogen (secondary N) is 1. The van der Waals surface area contributed by atoms with Crippen LogP contribution in [0, 0.1) is 0 Å². The number of hydrogen-bond donors (Lipinski definition) is 3. The van der Waals surface area contributed by atoms with Crippen molar-refractivity contribution >= 4 is 17.3 Å². The lowest BCUT2D eigenvalue weighted by Gasteiger charge is -2.11. The topological polar surface area (TPSA) is 84.6 Å². The molecule has 0 saturated heterocycles. The number of para-hydroxylation sites is 1. The lowest BCUT2D eigenvalue weighted by molar-refractivity contribution is 0.0697. The van der Waals surface area contributed by atoms with Gasteiger partial charge < -0.3 is 20.9 Å². The molecule has 0 spiro atoms. The summed E-state index contributed by atoms with van der Waals surface area (Å²) < 4.78 is 5.30. The van der Waals surface area contributed by atoms with Crippen molar-refractivity contribution in [3.8, 4) is 5.75 Å². The second kappa shape index (κ2) is 6.65. The van der Waals surface area contributed by atoms with Crippen LogP contribution in [0.25, 0.3) is 0 Å². The quantitative estimate of drug-likeness (QED) is 0.711. The van der Waals surface area contributed by atoms with Crippen molar-refractivity contribution in [1.29, 1.82) is 0 Å². The first-order valence-corrected chi connectivity index (χ1v) is 6.60. The van der Waals surface area contributed by atoms with Crippen LogP contribution in [0.1, 0.15) is 15.9 Å². The molecule has 0 fully saturated rings. The maximum atomic E-state index is 10.8. The van der Waals surface area contributed by atoms with Gasteiger partial charge in [-0.3, -0.25) is 0 Å². The van der Waals surface area contributed by atoms with E-state index in [-0.39, 0.29) is 5.56 Å². The minimum Gasteiger partial charge on any atom is -0.496 e. The van der Waals surface area contributed by atoms with E-state index in [0.29, 0.717) is 12.2 Å². The van der Waals surface area contributed by atoms with E-state index in [1.165, 1.54) is 12.1 Å². The molecule has 4 N–H and O–H groups in total. The van der Waals surface area contributed by atoms with Gasteiger partial charge >= 0.3 is 5.97 Å². The molecule has 0 radical (unpaired) electrons. The predicted octanol–water partition coefficient (Wildman–Crippen LogP) is 2.63. The van der Waals surface area contributed by atoms with E-state index in [1.807, 2.05) is 24.3 Å². The first kappa shape index (κ1) is 14.7. The molecule has 110 valence electrons. The Balaban J connectivity index is 1.99. The smallest absolute Gasteiger partial charge is 0.335 e. The van der Waals surface area contributed by atoms with Gasteiger partial charge in [0.05, 0.1) is 24.0 Å². The number of carboxylic acids is 1. The van der Waals surface area contributed by atoms with Crippen LogP contribution in [0.5, 0.6) is 5.75 Å². The van der Waals surface area contributed by atoms with Crippen LogP contribution < -0.4 is 15.8 Å². The van der Waals surface area contributed by atoms with Crippen molar-refractivity contribution in [3.05, 3.63) is 53.6 Å². The Bertz CT molecular complexity index is 641. The minimum atomic E-state index is -0.984. The second-order valence-electron chi connectivity index (χ2n) is 4.60. The molecule has 0 saturated carbocycles. The first-order chi connectivity index (χ1) is 10.1. The van der Waals surface area contributed by atoms with Crippen LogP contribution in [0.4, 0.5) is 11.4 Å². The second-order valence-corrected chi connectivity index (χ2v) is 4.60. The molecule has 2 aromatic rings. The molecule has 0 unspecified atom stereocenters. The summed E-state index contributed by atoms with van der Waals surface area (Å²) in [6, 6.07) is 12.5. The van der Waals surface area contributed by atoms with Gasteiger partial charge in [-0.05, 0) is 36.2 Å². The van der Waals surface area contributed by atoms with Crippen LogP contribution in [0.3, 0.4) is 0 Å². The molecule has 2 rings (SSSR count). The average molecular weight is 286 g/mol. The number of nitrogens with two attached hydrogens (primary N) is 1. The normalized spacial score (nSPS) is 10.1. The number of hydrogen-bond acceptors (Lipinski definition) is 4. The van der Waals surface area contributed by atoms with E-state index in [4.69, 9.17) is 15.6 Å². The summed E-state index contributed by atoms with van der Waals surface area (Å²) in [6.45, 7) is 0.678. The number of aromatic carboxylic acids is 1. The maximum Gasteiger partial charge on any atom is 0.335 e. The minimum absolute atomic E-state index is 0.183. The molecule has 0 bridgehead atoms. The van der Waals surface area contributed by atoms with Gasteiger partial charge in [0.2, 0.25) is 0 Å². The van der Waals surface area contributed by atoms with Gasteiger partial charge in [0.25, 0.3) is 0 Å². The monoisotopic (exact) mass is 286 g/mol. The third kappa shape index (κ3) is 3.66. The summed E-state index contributed by atoms with van der Waals surface area (Å²) in [5, 5.41) is 12.1. The predicted molar refractivity (Wildman–Crippen MR) is 83.0 cm³/mol. The summed E-state index contributed by atoms with van der Waals surface area (Å²) in [7, 11) is 1.65. The Kier molecular flexibility index (Phi) is 4.66. The van der Waals surface area contributed by atoms with Crippen molar-refractivity contribution in [1.82, 2.24) is 0 Å². The Morgan fingerprint density at radius 3 is 2.71 bits per heavy atom. The largest absolute Gasteiger partial charge is 0.496 e. The van der Waals surface area contributed by atoms with E-state index in [2.05, 4.69) is 5.32 Å². The molecule has 0 aliphatic heterocycles. The molecule has 5 nitrogen and oxygen atoms in total. The number of carbonyl (C=O) groups is 1. The molecule has 0 aliphatic rings. The molecule has 2 aromatic carbocycles. The van der Waals surface area contributed by atoms with Gasteiger partial charge in [-0.15, -0.1) is 0 Å². The van der Waals surface area contributed by atoms with E-state index < -0.39 is 5.97 Å². The summed E-state index contributed by atoms with van der Waals surface area (Å²) in [5.74, 6) is -0.129. The number of ether oxygens (including phenoxy) is 1. The van der Waals surface area contributed by atoms with Crippen LogP contribution >= 0.6 is 0 Å². The highest BCUT2D eigenvalue weighted by Gasteiger charge is 2.06. The van der Waals surface area contributed by atoms with Crippen molar-refractivity contribution in [3.63, 3.8) is 0 Å². The van der Waals surface area contributed by atoms with Crippen LogP contribution in [-0.2, 0) is 6.42 Å². The molecule has 0 amide bonds. The zero-order valence-corrected chi connectivity index (χ0v) is 11.8. The fraction of sp³-hybridized carbons (Fsp3) is 0.188. The fourth-order valence-electron chi connectivity index (χ4n) is 2.10. The Hall–Kier alpha value is -2.69. The highest BCUT2D eigenvalue weighted by molar-refractivity contribution is 5.90. The zero-order chi connectivity index (χ0) is 15.2. The number of nitrogen functional groups attached to an aromatic ring is 1. The zero-order valence-electron chi connectivity index (χ0n) is 11.8. The summed E-state index contributed by atoms with van der Waals surface area (Å²) >= 11 is 0. The lowest BCUT2D eigenvalue weighted by atomic mass is 10.1. The number of methoxy groups -OCH3 is 1. The van der Waals surface area contributed by atoms with Crippen LogP contribution in [0.15, 0.2) is 42.5 Å². The van der Waals surface area contributed by atoms with E-state index in [1.54, 1.807) is 13.2 Å². The van der Waals surface area contributed by atoms with Crippen LogP contribution in [0.2, 0.25) is 0 Å². The summed E-state index contributed by atoms with van der Waals surface area (Å²) in [6.07, 6.45) is 0.782. The van der Waals surface area contributed by atoms with Gasteiger partial charge in [-0.1, -0.05) is 18.2 Å². The van der Waals surface area contributed by atoms with Gasteiger partial charge in [0, 0.05) is 6.54 Å². The highest BCUT2D eigenvalue weighted by Crippen LogP contribution is 2.21. The number of carboxylic acid groups (broad SMARTS) is 1. The van der Waals surface area contributed by atoms with Gasteiger partial charge in [0.1, 0.15) is 5.75 Å². The van der Waals surface area contributed by atoms with Gasteiger partial charge in [0.15, 0.2) is 0 Å². The van der Waals surface area contributed by atoms with Crippen molar-refractivity contribution in [2.75, 3.05) is 24.7 Å². The Morgan fingerprint density at radius 2 is 2.05 bits per heavy atom. The number of rotatable bonds is 6. The fourth-order valence-corrected chi connectivity index (χ4v) is 2.10. The van der Waals surface area contributed by atoms with Crippen molar-refractivity contribution in [2.45, 2.75) is 6.42 Å². The Morgan fingerprint density at radius 1 is 1.29 bits per heavy atom. The lowest BCUT2D eigenvalue weighted by Crippen LogP contribution is -2.08. The van der Waals surface area contributed by atoms with Crippen LogP contribution in [-0.4, -0.2) is 24.7 Å². The molecule has 0 heterocycles. The van der Waals surface area contributed by atoms with Gasteiger partial charge in [-0.2, -0.15) is 0 Å². The first-order valence-electron chi connectivity index (χ1n) is 6.60. The van der Waals surface area contributed by atoms with Crippen molar-refractivity contribution in [2.24, 2.45) is 0 Å². The van der Waals surface area contributed by atoms with E-state index in [9.17, 15) is 4.79 Å². The standard InChI is InChI=1S/C16H18N2O3/c1-21-15-5-3-2-4-11(15)8-9-18-14-7-6-12(16(19)20)10-13(14)17/h2-7,10,18H,8-9,17H2,1H3,(H,19,20).